The zero-order chi connectivity index (χ0) is 15.1. The standard InChI is InChI=1S/C15H20N4O2/c1-12-4-5-14(10-13(12)2)21-11-15(20)16-6-3-8-19-9-7-17-18-19/h4-5,7,9-10H,3,6,8,11H2,1-2H3,(H,16,20). The second-order valence-electron chi connectivity index (χ2n) is 4.90. The number of benzene rings is 1. The van der Waals surface area contributed by atoms with Crippen LogP contribution in [0.15, 0.2) is 30.6 Å². The van der Waals surface area contributed by atoms with Gasteiger partial charge in [-0.25, -0.2) is 0 Å². The van der Waals surface area contributed by atoms with E-state index in [1.807, 2.05) is 32.0 Å². The minimum Gasteiger partial charge on any atom is -0.484 e. The summed E-state index contributed by atoms with van der Waals surface area (Å²) in [6.07, 6.45) is 4.24. The van der Waals surface area contributed by atoms with Crippen molar-refractivity contribution in [3.8, 4) is 5.75 Å². The average Bonchev–Trinajstić information content (AvgIpc) is 2.98. The Morgan fingerprint density at radius 2 is 2.19 bits per heavy atom. The Hall–Kier alpha value is -2.37. The molecule has 112 valence electrons. The van der Waals surface area contributed by atoms with Gasteiger partial charge in [0.2, 0.25) is 0 Å². The number of amides is 1. The lowest BCUT2D eigenvalue weighted by Gasteiger charge is -2.09. The van der Waals surface area contributed by atoms with Crippen molar-refractivity contribution in [3.63, 3.8) is 0 Å². The van der Waals surface area contributed by atoms with Crippen LogP contribution >= 0.6 is 0 Å². The predicted molar refractivity (Wildman–Crippen MR) is 79.1 cm³/mol. The van der Waals surface area contributed by atoms with E-state index < -0.39 is 0 Å². The summed E-state index contributed by atoms with van der Waals surface area (Å²) in [7, 11) is 0. The van der Waals surface area contributed by atoms with Crippen molar-refractivity contribution in [2.75, 3.05) is 13.2 Å². The summed E-state index contributed by atoms with van der Waals surface area (Å²) in [4.78, 5) is 11.7. The monoisotopic (exact) mass is 288 g/mol. The maximum Gasteiger partial charge on any atom is 0.257 e. The van der Waals surface area contributed by atoms with Crippen LogP contribution in [0.5, 0.6) is 5.75 Å². The molecule has 0 atom stereocenters. The summed E-state index contributed by atoms with van der Waals surface area (Å²) in [5.41, 5.74) is 2.36. The molecule has 6 heteroatoms. The molecule has 1 aromatic carbocycles. The molecule has 1 heterocycles. The molecule has 1 aromatic heterocycles. The number of nitrogens with one attached hydrogen (secondary N) is 1. The first kappa shape index (κ1) is 15.0. The number of hydrogen-bond acceptors (Lipinski definition) is 4. The summed E-state index contributed by atoms with van der Waals surface area (Å²) in [5.74, 6) is 0.600. The molecule has 0 fully saturated rings. The molecular formula is C15H20N4O2. The Balaban J connectivity index is 1.64. The lowest BCUT2D eigenvalue weighted by atomic mass is 10.1. The normalized spacial score (nSPS) is 10.4. The number of aryl methyl sites for hydroxylation is 3. The molecule has 0 aliphatic heterocycles. The smallest absolute Gasteiger partial charge is 0.257 e. The van der Waals surface area contributed by atoms with Crippen LogP contribution in [0.25, 0.3) is 0 Å². The molecule has 1 N–H and O–H groups in total. The van der Waals surface area contributed by atoms with Crippen molar-refractivity contribution in [2.24, 2.45) is 0 Å². The zero-order valence-electron chi connectivity index (χ0n) is 12.4. The van der Waals surface area contributed by atoms with E-state index in [-0.39, 0.29) is 12.5 Å². The number of carbonyl (C=O) groups is 1. The predicted octanol–water partition coefficient (Wildman–Crippen LogP) is 1.48. The number of hydrogen-bond donors (Lipinski definition) is 1. The molecule has 0 aliphatic carbocycles. The molecule has 0 spiro atoms. The maximum atomic E-state index is 11.7. The summed E-state index contributed by atoms with van der Waals surface area (Å²) in [6, 6.07) is 5.80. The van der Waals surface area contributed by atoms with Crippen LogP contribution in [0, 0.1) is 13.8 Å². The van der Waals surface area contributed by atoms with Crippen molar-refractivity contribution >= 4 is 5.91 Å². The molecule has 0 saturated carbocycles. The van der Waals surface area contributed by atoms with E-state index in [0.29, 0.717) is 6.54 Å². The van der Waals surface area contributed by atoms with Gasteiger partial charge in [-0.2, -0.15) is 0 Å². The van der Waals surface area contributed by atoms with Crippen molar-refractivity contribution in [2.45, 2.75) is 26.8 Å². The molecule has 0 unspecified atom stereocenters. The topological polar surface area (TPSA) is 69.0 Å². The van der Waals surface area contributed by atoms with Gasteiger partial charge in [0.15, 0.2) is 6.61 Å². The summed E-state index contributed by atoms with van der Waals surface area (Å²) in [5, 5.41) is 10.4. The van der Waals surface area contributed by atoms with E-state index in [4.69, 9.17) is 4.74 Å². The van der Waals surface area contributed by atoms with E-state index in [1.54, 1.807) is 17.1 Å². The van der Waals surface area contributed by atoms with Gasteiger partial charge in [-0.15, -0.1) is 5.10 Å². The van der Waals surface area contributed by atoms with Gasteiger partial charge in [0, 0.05) is 19.3 Å². The van der Waals surface area contributed by atoms with Crippen LogP contribution in [-0.4, -0.2) is 34.1 Å². The molecule has 0 radical (unpaired) electrons. The fourth-order valence-corrected chi connectivity index (χ4v) is 1.82. The van der Waals surface area contributed by atoms with Crippen molar-refractivity contribution in [3.05, 3.63) is 41.7 Å². The van der Waals surface area contributed by atoms with Crippen molar-refractivity contribution < 1.29 is 9.53 Å². The van der Waals surface area contributed by atoms with Gasteiger partial charge >= 0.3 is 0 Å². The Kier molecular flexibility index (Phi) is 5.31. The molecule has 2 rings (SSSR count). The van der Waals surface area contributed by atoms with E-state index in [2.05, 4.69) is 15.6 Å². The first-order chi connectivity index (χ1) is 10.1. The molecule has 0 bridgehead atoms. The fourth-order valence-electron chi connectivity index (χ4n) is 1.82. The van der Waals surface area contributed by atoms with Gasteiger partial charge in [-0.1, -0.05) is 11.3 Å². The Bertz CT molecular complexity index is 581. The van der Waals surface area contributed by atoms with Gasteiger partial charge < -0.3 is 10.1 Å². The van der Waals surface area contributed by atoms with Crippen molar-refractivity contribution in [1.29, 1.82) is 0 Å². The third-order valence-corrected chi connectivity index (χ3v) is 3.21. The SMILES string of the molecule is Cc1ccc(OCC(=O)NCCCn2ccnn2)cc1C. The largest absolute Gasteiger partial charge is 0.484 e. The Labute approximate surface area is 124 Å². The number of carbonyl (C=O) groups excluding carboxylic acids is 1. The van der Waals surface area contributed by atoms with Crippen molar-refractivity contribution in [1.82, 2.24) is 20.3 Å². The number of ether oxygens (including phenoxy) is 1. The van der Waals surface area contributed by atoms with E-state index in [9.17, 15) is 4.79 Å². The van der Waals surface area contributed by atoms with Crippen LogP contribution < -0.4 is 10.1 Å². The van der Waals surface area contributed by atoms with Gasteiger partial charge in [0.05, 0.1) is 6.20 Å². The molecular weight excluding hydrogens is 268 g/mol. The average molecular weight is 288 g/mol. The molecule has 0 saturated heterocycles. The molecule has 21 heavy (non-hydrogen) atoms. The summed E-state index contributed by atoms with van der Waals surface area (Å²) in [6.45, 7) is 5.42. The quantitative estimate of drug-likeness (QED) is 0.784. The van der Waals surface area contributed by atoms with Crippen LogP contribution in [0.2, 0.25) is 0 Å². The third kappa shape index (κ3) is 4.91. The minimum atomic E-state index is -0.119. The molecule has 2 aromatic rings. The lowest BCUT2D eigenvalue weighted by Crippen LogP contribution is -2.30. The van der Waals surface area contributed by atoms with Crippen LogP contribution in [0.1, 0.15) is 17.5 Å². The second-order valence-corrected chi connectivity index (χ2v) is 4.90. The number of aromatic nitrogens is 3. The fraction of sp³-hybridized carbons (Fsp3) is 0.400. The minimum absolute atomic E-state index is 0.0336. The highest BCUT2D eigenvalue weighted by Gasteiger charge is 2.03. The van der Waals surface area contributed by atoms with E-state index in [0.717, 1.165) is 24.3 Å². The molecule has 6 nitrogen and oxygen atoms in total. The Morgan fingerprint density at radius 1 is 1.33 bits per heavy atom. The van der Waals surface area contributed by atoms with Gasteiger partial charge in [-0.3, -0.25) is 9.48 Å². The third-order valence-electron chi connectivity index (χ3n) is 3.21. The van der Waals surface area contributed by atoms with Crippen LogP contribution in [0.3, 0.4) is 0 Å². The second kappa shape index (κ2) is 7.42. The van der Waals surface area contributed by atoms with Crippen LogP contribution in [0.4, 0.5) is 0 Å². The zero-order valence-corrected chi connectivity index (χ0v) is 12.4. The van der Waals surface area contributed by atoms with Gasteiger partial charge in [0.25, 0.3) is 5.91 Å². The lowest BCUT2D eigenvalue weighted by molar-refractivity contribution is -0.123. The molecule has 0 aliphatic rings. The Morgan fingerprint density at radius 3 is 2.90 bits per heavy atom. The number of nitrogens with zero attached hydrogens (tertiary/aromatic N) is 3. The summed E-state index contributed by atoms with van der Waals surface area (Å²) >= 11 is 0. The highest BCUT2D eigenvalue weighted by atomic mass is 16.5. The van der Waals surface area contributed by atoms with Gasteiger partial charge in [0.1, 0.15) is 5.75 Å². The first-order valence-corrected chi connectivity index (χ1v) is 6.96. The summed E-state index contributed by atoms with van der Waals surface area (Å²) < 4.78 is 7.20. The highest BCUT2D eigenvalue weighted by Crippen LogP contribution is 2.16. The van der Waals surface area contributed by atoms with E-state index in [1.165, 1.54) is 5.56 Å². The van der Waals surface area contributed by atoms with Crippen LogP contribution in [-0.2, 0) is 11.3 Å². The maximum absolute atomic E-state index is 11.7. The van der Waals surface area contributed by atoms with Gasteiger partial charge in [-0.05, 0) is 43.5 Å². The number of rotatable bonds is 7. The van der Waals surface area contributed by atoms with E-state index >= 15 is 0 Å². The first-order valence-electron chi connectivity index (χ1n) is 6.96. The highest BCUT2D eigenvalue weighted by molar-refractivity contribution is 5.77. The molecule has 1 amide bonds.